The standard InChI is InChI=1S/C14H19FN4S/c1-9-6-10(2-4-12(9)15)7-13-18-14(20-19-13)5-3-11(17)8-16/h2,4,6,11H,3,5,7-8,16-17H2,1H3. The van der Waals surface area contributed by atoms with Gasteiger partial charge in [0.15, 0.2) is 0 Å². The first kappa shape index (κ1) is 15.0. The van der Waals surface area contributed by atoms with Crippen molar-refractivity contribution in [3.8, 4) is 0 Å². The maximum Gasteiger partial charge on any atom is 0.146 e. The SMILES string of the molecule is Cc1cc(Cc2nsc(CCC(N)CN)n2)ccc1F. The Morgan fingerprint density at radius 1 is 1.40 bits per heavy atom. The van der Waals surface area contributed by atoms with Gasteiger partial charge in [-0.25, -0.2) is 9.37 Å². The van der Waals surface area contributed by atoms with Gasteiger partial charge in [-0.3, -0.25) is 0 Å². The van der Waals surface area contributed by atoms with Crippen molar-refractivity contribution >= 4 is 11.5 Å². The van der Waals surface area contributed by atoms with Crippen LogP contribution in [0.15, 0.2) is 18.2 Å². The largest absolute Gasteiger partial charge is 0.329 e. The van der Waals surface area contributed by atoms with Gasteiger partial charge >= 0.3 is 0 Å². The topological polar surface area (TPSA) is 77.8 Å². The van der Waals surface area contributed by atoms with Crippen LogP contribution in [0.5, 0.6) is 0 Å². The third-order valence-electron chi connectivity index (χ3n) is 3.13. The molecule has 0 aliphatic heterocycles. The van der Waals surface area contributed by atoms with E-state index in [1.165, 1.54) is 17.6 Å². The lowest BCUT2D eigenvalue weighted by molar-refractivity contribution is 0.617. The molecule has 1 unspecified atom stereocenters. The molecule has 4 nitrogen and oxygen atoms in total. The Bertz CT molecular complexity index is 570. The highest BCUT2D eigenvalue weighted by Crippen LogP contribution is 2.14. The fraction of sp³-hybridized carbons (Fsp3) is 0.429. The average Bonchev–Trinajstić information content (AvgIpc) is 2.88. The summed E-state index contributed by atoms with van der Waals surface area (Å²) in [4.78, 5) is 4.48. The smallest absolute Gasteiger partial charge is 0.146 e. The summed E-state index contributed by atoms with van der Waals surface area (Å²) in [6, 6.07) is 5.11. The quantitative estimate of drug-likeness (QED) is 0.851. The Morgan fingerprint density at radius 2 is 2.20 bits per heavy atom. The molecule has 2 aromatic rings. The highest BCUT2D eigenvalue weighted by molar-refractivity contribution is 7.05. The highest BCUT2D eigenvalue weighted by atomic mass is 32.1. The van der Waals surface area contributed by atoms with Gasteiger partial charge in [-0.05, 0) is 42.1 Å². The molecule has 1 aromatic carbocycles. The van der Waals surface area contributed by atoms with Crippen LogP contribution in [-0.4, -0.2) is 21.9 Å². The second-order valence-corrected chi connectivity index (χ2v) is 5.74. The van der Waals surface area contributed by atoms with E-state index >= 15 is 0 Å². The van der Waals surface area contributed by atoms with E-state index < -0.39 is 0 Å². The summed E-state index contributed by atoms with van der Waals surface area (Å²) in [5, 5.41) is 0.975. The van der Waals surface area contributed by atoms with Crippen molar-refractivity contribution in [1.82, 2.24) is 9.36 Å². The number of halogens is 1. The van der Waals surface area contributed by atoms with Gasteiger partial charge in [-0.15, -0.1) is 0 Å². The number of hydrogen-bond donors (Lipinski definition) is 2. The molecule has 108 valence electrons. The van der Waals surface area contributed by atoms with Gasteiger partial charge in [0.1, 0.15) is 16.6 Å². The molecule has 20 heavy (non-hydrogen) atoms. The molecule has 4 N–H and O–H groups in total. The fourth-order valence-electron chi connectivity index (χ4n) is 1.89. The summed E-state index contributed by atoms with van der Waals surface area (Å²) in [5.74, 6) is 0.591. The highest BCUT2D eigenvalue weighted by Gasteiger charge is 2.08. The summed E-state index contributed by atoms with van der Waals surface area (Å²) >= 11 is 1.40. The number of benzene rings is 1. The van der Waals surface area contributed by atoms with Crippen LogP contribution in [0.1, 0.15) is 28.4 Å². The van der Waals surface area contributed by atoms with Crippen LogP contribution < -0.4 is 11.5 Å². The van der Waals surface area contributed by atoms with Gasteiger partial charge in [-0.1, -0.05) is 12.1 Å². The predicted molar refractivity (Wildman–Crippen MR) is 79.2 cm³/mol. The number of aromatic nitrogens is 2. The fourth-order valence-corrected chi connectivity index (χ4v) is 2.56. The number of nitrogens with two attached hydrogens (primary N) is 2. The number of rotatable bonds is 6. The maximum absolute atomic E-state index is 13.2. The lowest BCUT2D eigenvalue weighted by atomic mass is 10.1. The number of aryl methyl sites for hydroxylation is 2. The molecule has 0 fully saturated rings. The minimum Gasteiger partial charge on any atom is -0.329 e. The van der Waals surface area contributed by atoms with Crippen molar-refractivity contribution in [1.29, 1.82) is 0 Å². The normalized spacial score (nSPS) is 12.6. The average molecular weight is 294 g/mol. The minimum atomic E-state index is -0.184. The molecule has 0 spiro atoms. The molecule has 1 atom stereocenters. The van der Waals surface area contributed by atoms with E-state index in [0.29, 0.717) is 18.5 Å². The van der Waals surface area contributed by atoms with E-state index in [0.717, 1.165) is 29.2 Å². The third-order valence-corrected chi connectivity index (χ3v) is 3.93. The molecule has 2 rings (SSSR count). The van der Waals surface area contributed by atoms with Gasteiger partial charge in [0.25, 0.3) is 0 Å². The first-order valence-corrected chi connectivity index (χ1v) is 7.38. The molecule has 6 heteroatoms. The summed E-state index contributed by atoms with van der Waals surface area (Å²) < 4.78 is 17.5. The summed E-state index contributed by atoms with van der Waals surface area (Å²) in [6.45, 7) is 2.24. The van der Waals surface area contributed by atoms with Gasteiger partial charge in [0.05, 0.1) is 0 Å². The van der Waals surface area contributed by atoms with Crippen LogP contribution >= 0.6 is 11.5 Å². The van der Waals surface area contributed by atoms with E-state index in [2.05, 4.69) is 9.36 Å². The van der Waals surface area contributed by atoms with Crippen molar-refractivity contribution < 1.29 is 4.39 Å². The monoisotopic (exact) mass is 294 g/mol. The predicted octanol–water partition coefficient (Wildman–Crippen LogP) is 1.80. The molecule has 0 radical (unpaired) electrons. The lowest BCUT2D eigenvalue weighted by Gasteiger charge is -2.05. The second-order valence-electron chi connectivity index (χ2n) is 4.90. The summed E-state index contributed by atoms with van der Waals surface area (Å²) in [7, 11) is 0. The molecule has 1 aromatic heterocycles. The molecule has 0 saturated heterocycles. The van der Waals surface area contributed by atoms with Crippen molar-refractivity contribution in [2.24, 2.45) is 11.5 Å². The molecular formula is C14H19FN4S. The molecule has 0 aliphatic carbocycles. The Kier molecular flexibility index (Phi) is 5.17. The first-order chi connectivity index (χ1) is 9.58. The van der Waals surface area contributed by atoms with Crippen molar-refractivity contribution in [3.05, 3.63) is 46.0 Å². The lowest BCUT2D eigenvalue weighted by Crippen LogP contribution is -2.29. The molecular weight excluding hydrogens is 275 g/mol. The molecule has 0 saturated carbocycles. The number of hydrogen-bond acceptors (Lipinski definition) is 5. The van der Waals surface area contributed by atoms with Crippen LogP contribution in [0.25, 0.3) is 0 Å². The number of nitrogens with zero attached hydrogens (tertiary/aromatic N) is 2. The minimum absolute atomic E-state index is 0.0158. The van der Waals surface area contributed by atoms with Crippen LogP contribution in [0.3, 0.4) is 0 Å². The third kappa shape index (κ3) is 4.06. The van der Waals surface area contributed by atoms with Crippen molar-refractivity contribution in [2.75, 3.05) is 6.54 Å². The first-order valence-electron chi connectivity index (χ1n) is 6.60. The zero-order valence-electron chi connectivity index (χ0n) is 11.5. The van der Waals surface area contributed by atoms with Gasteiger partial charge in [0.2, 0.25) is 0 Å². The Morgan fingerprint density at radius 3 is 2.90 bits per heavy atom. The Labute approximate surface area is 122 Å². The Hall–Kier alpha value is -1.37. The van der Waals surface area contributed by atoms with E-state index in [1.807, 2.05) is 6.07 Å². The van der Waals surface area contributed by atoms with Crippen LogP contribution in [-0.2, 0) is 12.8 Å². The van der Waals surface area contributed by atoms with Crippen LogP contribution in [0.2, 0.25) is 0 Å². The van der Waals surface area contributed by atoms with Crippen molar-refractivity contribution in [3.63, 3.8) is 0 Å². The van der Waals surface area contributed by atoms with Crippen LogP contribution in [0.4, 0.5) is 4.39 Å². The van der Waals surface area contributed by atoms with Gasteiger partial charge in [0, 0.05) is 25.4 Å². The molecule has 0 amide bonds. The molecule has 0 bridgehead atoms. The zero-order chi connectivity index (χ0) is 14.5. The van der Waals surface area contributed by atoms with Gasteiger partial charge in [-0.2, -0.15) is 4.37 Å². The second kappa shape index (κ2) is 6.88. The van der Waals surface area contributed by atoms with E-state index in [9.17, 15) is 4.39 Å². The van der Waals surface area contributed by atoms with Crippen LogP contribution in [0, 0.1) is 12.7 Å². The zero-order valence-corrected chi connectivity index (χ0v) is 12.3. The molecule has 0 aliphatic rings. The summed E-state index contributed by atoms with van der Waals surface area (Å²) in [5.41, 5.74) is 12.9. The van der Waals surface area contributed by atoms with E-state index in [4.69, 9.17) is 11.5 Å². The Balaban J connectivity index is 1.96. The van der Waals surface area contributed by atoms with E-state index in [-0.39, 0.29) is 11.9 Å². The van der Waals surface area contributed by atoms with Gasteiger partial charge < -0.3 is 11.5 Å². The maximum atomic E-state index is 13.2. The van der Waals surface area contributed by atoms with E-state index in [1.54, 1.807) is 13.0 Å². The summed E-state index contributed by atoms with van der Waals surface area (Å²) in [6.07, 6.45) is 2.25. The van der Waals surface area contributed by atoms with Crippen molar-refractivity contribution in [2.45, 2.75) is 32.2 Å². The molecule has 1 heterocycles.